The third-order valence-corrected chi connectivity index (χ3v) is 5.71. The topological polar surface area (TPSA) is 50.4 Å². The second-order valence-electron chi connectivity index (χ2n) is 7.90. The van der Waals surface area contributed by atoms with E-state index >= 15 is 0 Å². The van der Waals surface area contributed by atoms with Crippen molar-refractivity contribution in [3.63, 3.8) is 0 Å². The summed E-state index contributed by atoms with van der Waals surface area (Å²) in [6.45, 7) is 17.2. The zero-order valence-electron chi connectivity index (χ0n) is 20.7. The van der Waals surface area contributed by atoms with Crippen LogP contribution in [0.25, 0.3) is 5.70 Å². The Bertz CT molecular complexity index is 978. The molecule has 1 atom stereocenters. The number of benzene rings is 2. The molecule has 0 aliphatic rings. The molecule has 4 nitrogen and oxygen atoms in total. The Labute approximate surface area is 204 Å². The van der Waals surface area contributed by atoms with E-state index in [9.17, 15) is 4.79 Å². The van der Waals surface area contributed by atoms with E-state index in [0.29, 0.717) is 5.92 Å². The molecule has 0 radical (unpaired) electrons. The van der Waals surface area contributed by atoms with Crippen molar-refractivity contribution in [2.24, 2.45) is 5.92 Å². The highest BCUT2D eigenvalue weighted by molar-refractivity contribution is 6.30. The number of hydrogen-bond acceptors (Lipinski definition) is 3. The fourth-order valence-electron chi connectivity index (χ4n) is 2.98. The molecule has 1 amide bonds. The first-order chi connectivity index (χ1) is 15.6. The van der Waals surface area contributed by atoms with Crippen molar-refractivity contribution >= 4 is 23.2 Å². The smallest absolute Gasteiger partial charge is 0.251 e. The summed E-state index contributed by atoms with van der Waals surface area (Å²) in [5.41, 5.74) is 6.98. The van der Waals surface area contributed by atoms with Gasteiger partial charge >= 0.3 is 0 Å². The van der Waals surface area contributed by atoms with Crippen LogP contribution in [0.3, 0.4) is 0 Å². The molecule has 2 N–H and O–H groups in total. The van der Waals surface area contributed by atoms with Gasteiger partial charge in [-0.15, -0.1) is 0 Å². The van der Waals surface area contributed by atoms with Gasteiger partial charge in [-0.2, -0.15) is 0 Å². The van der Waals surface area contributed by atoms with Gasteiger partial charge in [-0.25, -0.2) is 0 Å². The first-order valence-electron chi connectivity index (χ1n) is 11.0. The lowest BCUT2D eigenvalue weighted by Gasteiger charge is -2.20. The van der Waals surface area contributed by atoms with E-state index in [-0.39, 0.29) is 5.91 Å². The molecule has 2 aromatic rings. The van der Waals surface area contributed by atoms with Crippen LogP contribution >= 0.6 is 11.6 Å². The van der Waals surface area contributed by atoms with Crippen molar-refractivity contribution in [2.75, 3.05) is 20.8 Å². The zero-order valence-corrected chi connectivity index (χ0v) is 21.5. The lowest BCUT2D eigenvalue weighted by atomic mass is 9.96. The molecule has 0 aliphatic heterocycles. The van der Waals surface area contributed by atoms with Crippen LogP contribution in [-0.2, 0) is 4.74 Å². The van der Waals surface area contributed by atoms with Crippen LogP contribution in [0.4, 0.5) is 0 Å². The van der Waals surface area contributed by atoms with Crippen LogP contribution < -0.4 is 10.6 Å². The van der Waals surface area contributed by atoms with Gasteiger partial charge in [-0.1, -0.05) is 56.0 Å². The van der Waals surface area contributed by atoms with Crippen molar-refractivity contribution < 1.29 is 9.53 Å². The van der Waals surface area contributed by atoms with E-state index in [1.807, 2.05) is 69.3 Å². The number of rotatable bonds is 9. The number of carbonyl (C=O) groups excluding carboxylic acids is 1. The molecule has 0 aromatic heterocycles. The Kier molecular flexibility index (Phi) is 12.3. The van der Waals surface area contributed by atoms with Gasteiger partial charge in [0.25, 0.3) is 5.91 Å². The average Bonchev–Trinajstić information content (AvgIpc) is 2.82. The molecule has 178 valence electrons. The SMILES string of the molecule is C=C(N/C(=C\C)C(=C)C(C)CCOC)c1ccc(Cl)cc1.CNC(=O)c1ccc(C)c(C)c1. The highest BCUT2D eigenvalue weighted by Gasteiger charge is 2.12. The maximum atomic E-state index is 11.2. The van der Waals surface area contributed by atoms with Crippen LogP contribution in [0.5, 0.6) is 0 Å². The molecular weight excluding hydrogens is 432 g/mol. The van der Waals surface area contributed by atoms with Crippen LogP contribution in [0.15, 0.2) is 73.0 Å². The number of halogens is 1. The van der Waals surface area contributed by atoms with Crippen molar-refractivity contribution in [3.05, 3.63) is 100 Å². The molecule has 0 bridgehead atoms. The second-order valence-corrected chi connectivity index (χ2v) is 8.34. The number of carbonyl (C=O) groups is 1. The van der Waals surface area contributed by atoms with Crippen LogP contribution in [0.2, 0.25) is 5.02 Å². The minimum absolute atomic E-state index is 0.0295. The summed E-state index contributed by atoms with van der Waals surface area (Å²) in [4.78, 5) is 11.2. The Morgan fingerprint density at radius 1 is 1.09 bits per heavy atom. The average molecular weight is 469 g/mol. The molecule has 0 fully saturated rings. The fourth-order valence-corrected chi connectivity index (χ4v) is 3.11. The van der Waals surface area contributed by atoms with Crippen molar-refractivity contribution in [2.45, 2.75) is 34.1 Å². The predicted octanol–water partition coefficient (Wildman–Crippen LogP) is 6.70. The number of allylic oxidation sites excluding steroid dienone is 2. The van der Waals surface area contributed by atoms with E-state index in [1.54, 1.807) is 14.2 Å². The Morgan fingerprint density at radius 2 is 1.70 bits per heavy atom. The Balaban J connectivity index is 0.000000383. The molecule has 5 heteroatoms. The van der Waals surface area contributed by atoms with Crippen molar-refractivity contribution in [1.82, 2.24) is 10.6 Å². The molecule has 0 spiro atoms. The van der Waals surface area contributed by atoms with E-state index in [2.05, 4.69) is 30.7 Å². The van der Waals surface area contributed by atoms with E-state index < -0.39 is 0 Å². The van der Waals surface area contributed by atoms with E-state index in [1.165, 1.54) is 5.56 Å². The molecule has 33 heavy (non-hydrogen) atoms. The molecule has 1 unspecified atom stereocenters. The third kappa shape index (κ3) is 9.29. The zero-order chi connectivity index (χ0) is 25.0. The minimum Gasteiger partial charge on any atom is -0.385 e. The van der Waals surface area contributed by atoms with Gasteiger partial charge in [-0.3, -0.25) is 4.79 Å². The van der Waals surface area contributed by atoms with Crippen molar-refractivity contribution in [1.29, 1.82) is 0 Å². The summed E-state index contributed by atoms with van der Waals surface area (Å²) in [5.74, 6) is 0.319. The molecule has 2 rings (SSSR count). The summed E-state index contributed by atoms with van der Waals surface area (Å²) in [7, 11) is 3.35. The number of methoxy groups -OCH3 is 1. The third-order valence-electron chi connectivity index (χ3n) is 5.46. The quantitative estimate of drug-likeness (QED) is 0.403. The van der Waals surface area contributed by atoms with Gasteiger partial charge in [0.1, 0.15) is 0 Å². The molecule has 0 aliphatic carbocycles. The number of nitrogens with one attached hydrogen (secondary N) is 2. The van der Waals surface area contributed by atoms with Gasteiger partial charge in [-0.05, 0) is 79.6 Å². The van der Waals surface area contributed by atoms with Gasteiger partial charge in [0, 0.05) is 42.7 Å². The van der Waals surface area contributed by atoms with E-state index in [4.69, 9.17) is 16.3 Å². The van der Waals surface area contributed by atoms with Gasteiger partial charge in [0.2, 0.25) is 0 Å². The number of amides is 1. The first-order valence-corrected chi connectivity index (χ1v) is 11.4. The minimum atomic E-state index is -0.0295. The monoisotopic (exact) mass is 468 g/mol. The molecule has 0 saturated carbocycles. The second kappa shape index (κ2) is 14.4. The maximum absolute atomic E-state index is 11.2. The summed E-state index contributed by atoms with van der Waals surface area (Å²) in [6.07, 6.45) is 2.97. The van der Waals surface area contributed by atoms with Gasteiger partial charge in [0.15, 0.2) is 0 Å². The van der Waals surface area contributed by atoms with Crippen molar-refractivity contribution in [3.8, 4) is 0 Å². The normalized spacial score (nSPS) is 11.7. The first kappa shape index (κ1) is 28.2. The summed E-state index contributed by atoms with van der Waals surface area (Å²) in [5, 5.41) is 6.65. The standard InChI is InChI=1S/C18H24ClNO.C10H13NO/c1-6-18(14(3)13(2)11-12-21-5)20-15(4)16-7-9-17(19)10-8-16;1-7-4-5-9(6-8(7)2)10(12)11-3/h6-10,13,20H,3-4,11-12H2,1-2,5H3;4-6H,1-3H3,(H,11,12)/b18-6-;. The Morgan fingerprint density at radius 3 is 2.21 bits per heavy atom. The lowest BCUT2D eigenvalue weighted by Crippen LogP contribution is -2.17. The summed E-state index contributed by atoms with van der Waals surface area (Å²) in [6, 6.07) is 13.3. The van der Waals surface area contributed by atoms with E-state index in [0.717, 1.165) is 51.7 Å². The summed E-state index contributed by atoms with van der Waals surface area (Å²) >= 11 is 5.90. The summed E-state index contributed by atoms with van der Waals surface area (Å²) < 4.78 is 5.13. The molecular formula is C28H37ClN2O2. The number of aryl methyl sites for hydroxylation is 2. The largest absolute Gasteiger partial charge is 0.385 e. The molecule has 2 aromatic carbocycles. The highest BCUT2D eigenvalue weighted by Crippen LogP contribution is 2.22. The fraction of sp³-hybridized carbons (Fsp3) is 0.321. The molecule has 0 saturated heterocycles. The predicted molar refractivity (Wildman–Crippen MR) is 141 cm³/mol. The maximum Gasteiger partial charge on any atom is 0.251 e. The highest BCUT2D eigenvalue weighted by atomic mass is 35.5. The van der Waals surface area contributed by atoms with Gasteiger partial charge in [0.05, 0.1) is 0 Å². The van der Waals surface area contributed by atoms with Crippen LogP contribution in [-0.4, -0.2) is 26.7 Å². The lowest BCUT2D eigenvalue weighted by molar-refractivity contribution is 0.0963. The number of hydrogen-bond donors (Lipinski definition) is 2. The Hall–Kier alpha value is -2.82. The molecule has 0 heterocycles. The van der Waals surface area contributed by atoms with Crippen LogP contribution in [0.1, 0.15) is 47.3 Å². The van der Waals surface area contributed by atoms with Crippen LogP contribution in [0, 0.1) is 19.8 Å². The van der Waals surface area contributed by atoms with Gasteiger partial charge < -0.3 is 15.4 Å². The number of ether oxygens (including phenoxy) is 1.